The number of fused-ring (bicyclic) bond motifs is 12. The van der Waals surface area contributed by atoms with Gasteiger partial charge >= 0.3 is 0 Å². The summed E-state index contributed by atoms with van der Waals surface area (Å²) in [5.74, 6) is 1.75. The van der Waals surface area contributed by atoms with Gasteiger partial charge in [-0.3, -0.25) is 4.57 Å². The van der Waals surface area contributed by atoms with E-state index in [2.05, 4.69) is 113 Å². The fourth-order valence-corrected chi connectivity index (χ4v) is 7.11. The number of hydrogen-bond donors (Lipinski definition) is 0. The van der Waals surface area contributed by atoms with Gasteiger partial charge in [-0.1, -0.05) is 72.8 Å². The number of benzene rings is 5. The van der Waals surface area contributed by atoms with Crippen LogP contribution in [0.4, 0.5) is 17.1 Å². The van der Waals surface area contributed by atoms with Crippen LogP contribution in [-0.4, -0.2) is 4.57 Å². The van der Waals surface area contributed by atoms with Gasteiger partial charge in [-0.15, -0.1) is 0 Å². The monoisotopic (exact) mass is 500 g/mol. The van der Waals surface area contributed by atoms with Gasteiger partial charge in [0.05, 0.1) is 28.3 Å². The largest absolute Gasteiger partial charge is 0.458 e. The summed E-state index contributed by atoms with van der Waals surface area (Å²) in [4.78, 5) is 2.39. The predicted molar refractivity (Wildman–Crippen MR) is 156 cm³/mol. The number of rotatable bonds is 1. The van der Waals surface area contributed by atoms with Gasteiger partial charge in [0.15, 0.2) is 0 Å². The third kappa shape index (κ3) is 2.28. The molecule has 39 heavy (non-hydrogen) atoms. The molecule has 0 saturated heterocycles. The lowest BCUT2D eigenvalue weighted by Crippen LogP contribution is -2.24. The standard InChI is InChI=1S/C35H20N2O2/c1-2-10-20(11-3-1)36-26-19-18-22-21-12-4-7-15-25(21)37-32(22)30(26)31(29-23-13-5-8-16-27(23)39-35(29)37)34-33(36)24-14-6-9-17-28(24)38-34/h1-19,31H. The molecule has 1 atom stereocenters. The summed E-state index contributed by atoms with van der Waals surface area (Å²) in [5, 5.41) is 4.70. The number of furan rings is 2. The fraction of sp³-hybridized carbons (Fsp3) is 0.0286. The highest BCUT2D eigenvalue weighted by molar-refractivity contribution is 6.15. The van der Waals surface area contributed by atoms with Crippen LogP contribution in [0.2, 0.25) is 0 Å². The summed E-state index contributed by atoms with van der Waals surface area (Å²) in [7, 11) is 0. The Kier molecular flexibility index (Phi) is 3.46. The maximum Gasteiger partial charge on any atom is 0.210 e. The smallest absolute Gasteiger partial charge is 0.210 e. The van der Waals surface area contributed by atoms with Crippen molar-refractivity contribution in [1.82, 2.24) is 4.57 Å². The molecule has 5 aromatic carbocycles. The van der Waals surface area contributed by atoms with Gasteiger partial charge in [-0.25, -0.2) is 0 Å². The Morgan fingerprint density at radius 2 is 1.23 bits per heavy atom. The van der Waals surface area contributed by atoms with Crippen molar-refractivity contribution < 1.29 is 8.83 Å². The Morgan fingerprint density at radius 3 is 2.08 bits per heavy atom. The average molecular weight is 501 g/mol. The van der Waals surface area contributed by atoms with Gasteiger partial charge in [0.1, 0.15) is 16.9 Å². The Labute approximate surface area is 222 Å². The minimum absolute atomic E-state index is 0.0958. The lowest BCUT2D eigenvalue weighted by Gasteiger charge is -2.37. The Morgan fingerprint density at radius 1 is 0.538 bits per heavy atom. The highest BCUT2D eigenvalue weighted by atomic mass is 16.4. The molecule has 0 fully saturated rings. The molecule has 8 aromatic rings. The Balaban J connectivity index is 1.47. The van der Waals surface area contributed by atoms with Crippen molar-refractivity contribution in [2.45, 2.75) is 5.92 Å². The van der Waals surface area contributed by atoms with Crippen LogP contribution in [0.1, 0.15) is 22.8 Å². The molecule has 10 rings (SSSR count). The van der Waals surface area contributed by atoms with E-state index in [1.165, 1.54) is 33.1 Å². The molecule has 182 valence electrons. The summed E-state index contributed by atoms with van der Waals surface area (Å²) >= 11 is 0. The summed E-state index contributed by atoms with van der Waals surface area (Å²) in [6.45, 7) is 0. The average Bonchev–Trinajstić information content (AvgIpc) is 3.67. The van der Waals surface area contributed by atoms with Crippen molar-refractivity contribution in [3.63, 3.8) is 0 Å². The number of anilines is 3. The fourth-order valence-electron chi connectivity index (χ4n) is 7.11. The van der Waals surface area contributed by atoms with E-state index in [1.54, 1.807) is 0 Å². The van der Waals surface area contributed by atoms with E-state index in [1.807, 2.05) is 12.1 Å². The summed E-state index contributed by atoms with van der Waals surface area (Å²) in [6.07, 6.45) is 0. The van der Waals surface area contributed by atoms with Crippen LogP contribution < -0.4 is 4.90 Å². The van der Waals surface area contributed by atoms with Crippen LogP contribution in [0.3, 0.4) is 0 Å². The first-order valence-electron chi connectivity index (χ1n) is 13.3. The van der Waals surface area contributed by atoms with Crippen molar-refractivity contribution in [3.05, 3.63) is 132 Å². The number of nitrogens with zero attached hydrogens (tertiary/aromatic N) is 2. The van der Waals surface area contributed by atoms with Crippen molar-refractivity contribution >= 4 is 60.8 Å². The molecule has 4 nitrogen and oxygen atoms in total. The Hall–Kier alpha value is -5.22. The first-order valence-corrected chi connectivity index (χ1v) is 13.3. The van der Waals surface area contributed by atoms with Crippen molar-refractivity contribution in [1.29, 1.82) is 0 Å². The van der Waals surface area contributed by atoms with E-state index in [4.69, 9.17) is 8.83 Å². The van der Waals surface area contributed by atoms with E-state index in [9.17, 15) is 0 Å². The maximum absolute atomic E-state index is 6.84. The first kappa shape index (κ1) is 19.8. The van der Waals surface area contributed by atoms with E-state index < -0.39 is 0 Å². The van der Waals surface area contributed by atoms with Crippen molar-refractivity contribution in [2.75, 3.05) is 4.90 Å². The van der Waals surface area contributed by atoms with Crippen LogP contribution in [0.5, 0.6) is 0 Å². The summed E-state index contributed by atoms with van der Waals surface area (Å²) < 4.78 is 15.9. The maximum atomic E-state index is 6.84. The van der Waals surface area contributed by atoms with Gasteiger partial charge < -0.3 is 13.7 Å². The zero-order chi connectivity index (χ0) is 25.2. The zero-order valence-corrected chi connectivity index (χ0v) is 20.8. The van der Waals surface area contributed by atoms with Gasteiger partial charge in [-0.05, 0) is 42.5 Å². The second-order valence-electron chi connectivity index (χ2n) is 10.5. The lowest BCUT2D eigenvalue weighted by atomic mass is 9.80. The molecule has 0 aliphatic carbocycles. The van der Waals surface area contributed by atoms with Crippen LogP contribution in [-0.2, 0) is 0 Å². The lowest BCUT2D eigenvalue weighted by molar-refractivity contribution is 0.527. The third-order valence-corrected chi connectivity index (χ3v) is 8.58. The highest BCUT2D eigenvalue weighted by Gasteiger charge is 2.45. The molecular weight excluding hydrogens is 480 g/mol. The molecule has 4 heteroatoms. The first-order chi connectivity index (χ1) is 19.4. The van der Waals surface area contributed by atoms with E-state index >= 15 is 0 Å². The number of para-hydroxylation sites is 4. The second-order valence-corrected chi connectivity index (χ2v) is 10.5. The number of aromatic nitrogens is 1. The minimum atomic E-state index is -0.0958. The van der Waals surface area contributed by atoms with Crippen LogP contribution in [0.25, 0.3) is 49.6 Å². The molecule has 0 saturated carbocycles. The van der Waals surface area contributed by atoms with Crippen LogP contribution in [0, 0.1) is 0 Å². The SMILES string of the molecule is c1ccc(N2c3ccc4c5ccccc5n5c4c3C(c3oc4ccccc4c32)c2c-5oc3ccccc23)cc1. The third-order valence-electron chi connectivity index (χ3n) is 8.58. The molecule has 1 unspecified atom stereocenters. The molecule has 3 aromatic heterocycles. The molecule has 0 radical (unpaired) electrons. The Bertz CT molecular complexity index is 2300. The molecular formula is C35H20N2O2. The minimum Gasteiger partial charge on any atom is -0.458 e. The zero-order valence-electron chi connectivity index (χ0n) is 20.8. The predicted octanol–water partition coefficient (Wildman–Crippen LogP) is 9.55. The van der Waals surface area contributed by atoms with Crippen molar-refractivity contribution in [3.8, 4) is 5.88 Å². The highest BCUT2D eigenvalue weighted by Crippen LogP contribution is 2.61. The van der Waals surface area contributed by atoms with Crippen LogP contribution in [0.15, 0.2) is 124 Å². The molecule has 5 heterocycles. The van der Waals surface area contributed by atoms with Gasteiger partial charge in [0.2, 0.25) is 5.88 Å². The molecule has 2 aliphatic rings. The molecule has 0 bridgehead atoms. The number of hydrogen-bond acceptors (Lipinski definition) is 3. The summed E-state index contributed by atoms with van der Waals surface area (Å²) in [5.41, 5.74) is 9.97. The molecule has 2 aliphatic heterocycles. The van der Waals surface area contributed by atoms with Gasteiger partial charge in [0.25, 0.3) is 0 Å². The van der Waals surface area contributed by atoms with Gasteiger partial charge in [-0.2, -0.15) is 0 Å². The van der Waals surface area contributed by atoms with E-state index in [0.717, 1.165) is 50.5 Å². The molecule has 0 spiro atoms. The molecule has 0 amide bonds. The van der Waals surface area contributed by atoms with Crippen LogP contribution >= 0.6 is 0 Å². The van der Waals surface area contributed by atoms with Gasteiger partial charge in [0, 0.05) is 38.4 Å². The normalized spacial score (nSPS) is 15.4. The summed E-state index contributed by atoms with van der Waals surface area (Å²) in [6, 6.07) is 40.6. The topological polar surface area (TPSA) is 34.5 Å². The second kappa shape index (κ2) is 6.80. The van der Waals surface area contributed by atoms with E-state index in [0.29, 0.717) is 0 Å². The van der Waals surface area contributed by atoms with Crippen molar-refractivity contribution in [2.24, 2.45) is 0 Å². The molecule has 0 N–H and O–H groups in total. The quantitative estimate of drug-likeness (QED) is 0.225. The van der Waals surface area contributed by atoms with E-state index in [-0.39, 0.29) is 5.92 Å².